The van der Waals surface area contributed by atoms with Gasteiger partial charge in [0, 0.05) is 11.6 Å². The highest BCUT2D eigenvalue weighted by atomic mass is 32.2. The van der Waals surface area contributed by atoms with Gasteiger partial charge in [-0.1, -0.05) is 37.1 Å². The molecule has 0 saturated heterocycles. The van der Waals surface area contributed by atoms with Crippen molar-refractivity contribution in [2.75, 3.05) is 10.0 Å². The number of benzene rings is 2. The van der Waals surface area contributed by atoms with Crippen LogP contribution in [0.25, 0.3) is 0 Å². The molecule has 1 aliphatic rings. The average Bonchev–Trinajstić information content (AvgIpc) is 3.13. The Hall–Kier alpha value is -2.34. The molecule has 1 fully saturated rings. The van der Waals surface area contributed by atoms with E-state index in [-0.39, 0.29) is 16.7 Å². The molecule has 0 aliphatic heterocycles. The Morgan fingerprint density at radius 2 is 1.72 bits per heavy atom. The molecule has 25 heavy (non-hydrogen) atoms. The summed E-state index contributed by atoms with van der Waals surface area (Å²) in [6.45, 7) is 1.82. The number of carbonyl (C=O) groups is 1. The molecule has 0 atom stereocenters. The van der Waals surface area contributed by atoms with E-state index in [2.05, 4.69) is 10.0 Å². The number of nitrogens with one attached hydrogen (secondary N) is 2. The number of hydrogen-bond donors (Lipinski definition) is 2. The Bertz CT molecular complexity index is 857. The van der Waals surface area contributed by atoms with Crippen molar-refractivity contribution in [2.24, 2.45) is 5.92 Å². The average molecular weight is 358 g/mol. The Morgan fingerprint density at radius 1 is 1.04 bits per heavy atom. The molecule has 0 unspecified atom stereocenters. The molecule has 6 heteroatoms. The minimum atomic E-state index is -3.66. The number of hydrogen-bond acceptors (Lipinski definition) is 3. The summed E-state index contributed by atoms with van der Waals surface area (Å²) in [4.78, 5) is 12.5. The SMILES string of the molecule is Cc1ccc(NC(=O)C2CCCC2)cc1NS(=O)(=O)c1ccccc1. The van der Waals surface area contributed by atoms with Crippen LogP contribution in [-0.4, -0.2) is 14.3 Å². The summed E-state index contributed by atoms with van der Waals surface area (Å²) >= 11 is 0. The number of sulfonamides is 1. The predicted octanol–water partition coefficient (Wildman–Crippen LogP) is 3.92. The van der Waals surface area contributed by atoms with E-state index in [1.807, 2.05) is 6.92 Å². The van der Waals surface area contributed by atoms with Gasteiger partial charge in [-0.05, 0) is 49.6 Å². The molecule has 0 spiro atoms. The standard InChI is InChI=1S/C19H22N2O3S/c1-14-11-12-16(20-19(22)15-7-5-6-8-15)13-18(14)21-25(23,24)17-9-3-2-4-10-17/h2-4,9-13,15,21H,5-8H2,1H3,(H,20,22). The lowest BCUT2D eigenvalue weighted by Crippen LogP contribution is -2.20. The first kappa shape index (κ1) is 17.5. The maximum absolute atomic E-state index is 12.5. The van der Waals surface area contributed by atoms with E-state index in [1.54, 1.807) is 48.5 Å². The van der Waals surface area contributed by atoms with Crippen LogP contribution in [0.2, 0.25) is 0 Å². The van der Waals surface area contributed by atoms with Crippen LogP contribution in [0.15, 0.2) is 53.4 Å². The fourth-order valence-corrected chi connectivity index (χ4v) is 4.19. The highest BCUT2D eigenvalue weighted by Crippen LogP contribution is 2.28. The lowest BCUT2D eigenvalue weighted by molar-refractivity contribution is -0.119. The molecular weight excluding hydrogens is 336 g/mol. The summed E-state index contributed by atoms with van der Waals surface area (Å²) in [5.41, 5.74) is 1.86. The summed E-state index contributed by atoms with van der Waals surface area (Å²) < 4.78 is 27.6. The van der Waals surface area contributed by atoms with Gasteiger partial charge in [0.1, 0.15) is 0 Å². The van der Waals surface area contributed by atoms with Gasteiger partial charge in [0.15, 0.2) is 0 Å². The number of amides is 1. The monoisotopic (exact) mass is 358 g/mol. The smallest absolute Gasteiger partial charge is 0.261 e. The van der Waals surface area contributed by atoms with Crippen molar-refractivity contribution < 1.29 is 13.2 Å². The third-order valence-electron chi connectivity index (χ3n) is 4.53. The minimum absolute atomic E-state index is 0.0122. The van der Waals surface area contributed by atoms with Crippen LogP contribution in [0.5, 0.6) is 0 Å². The first-order chi connectivity index (χ1) is 12.0. The number of anilines is 2. The fraction of sp³-hybridized carbons (Fsp3) is 0.316. The maximum Gasteiger partial charge on any atom is 0.261 e. The summed E-state index contributed by atoms with van der Waals surface area (Å²) in [6, 6.07) is 13.5. The highest BCUT2D eigenvalue weighted by molar-refractivity contribution is 7.92. The molecular formula is C19H22N2O3S. The van der Waals surface area contributed by atoms with E-state index in [0.29, 0.717) is 11.4 Å². The summed E-state index contributed by atoms with van der Waals surface area (Å²) in [6.07, 6.45) is 4.03. The van der Waals surface area contributed by atoms with Crippen molar-refractivity contribution in [3.63, 3.8) is 0 Å². The molecule has 2 N–H and O–H groups in total. The molecule has 5 nitrogen and oxygen atoms in total. The number of carbonyl (C=O) groups excluding carboxylic acids is 1. The molecule has 2 aromatic carbocycles. The van der Waals surface area contributed by atoms with Crippen LogP contribution >= 0.6 is 0 Å². The van der Waals surface area contributed by atoms with Gasteiger partial charge in [0.05, 0.1) is 10.6 Å². The first-order valence-corrected chi connectivity index (χ1v) is 9.93. The third-order valence-corrected chi connectivity index (χ3v) is 5.91. The number of rotatable bonds is 5. The zero-order chi connectivity index (χ0) is 17.9. The largest absolute Gasteiger partial charge is 0.326 e. The highest BCUT2D eigenvalue weighted by Gasteiger charge is 2.23. The summed E-state index contributed by atoms with van der Waals surface area (Å²) in [5.74, 6) is 0.0731. The van der Waals surface area contributed by atoms with Crippen LogP contribution in [0.4, 0.5) is 11.4 Å². The van der Waals surface area contributed by atoms with Crippen LogP contribution in [0.3, 0.4) is 0 Å². The van der Waals surface area contributed by atoms with Gasteiger partial charge < -0.3 is 5.32 Å². The molecule has 0 radical (unpaired) electrons. The van der Waals surface area contributed by atoms with Crippen molar-refractivity contribution in [1.29, 1.82) is 0 Å². The van der Waals surface area contributed by atoms with Gasteiger partial charge >= 0.3 is 0 Å². The van der Waals surface area contributed by atoms with E-state index in [1.165, 1.54) is 0 Å². The minimum Gasteiger partial charge on any atom is -0.326 e. The third kappa shape index (κ3) is 4.20. The number of aryl methyl sites for hydroxylation is 1. The van der Waals surface area contributed by atoms with Crippen molar-refractivity contribution in [2.45, 2.75) is 37.5 Å². The van der Waals surface area contributed by atoms with Gasteiger partial charge in [0.25, 0.3) is 10.0 Å². The summed E-state index contributed by atoms with van der Waals surface area (Å²) in [7, 11) is -3.66. The van der Waals surface area contributed by atoms with Crippen molar-refractivity contribution in [3.8, 4) is 0 Å². The molecule has 2 aromatic rings. The molecule has 3 rings (SSSR count). The lowest BCUT2D eigenvalue weighted by atomic mass is 10.1. The molecule has 0 aromatic heterocycles. The van der Waals surface area contributed by atoms with Crippen LogP contribution in [0.1, 0.15) is 31.2 Å². The molecule has 1 amide bonds. The molecule has 0 bridgehead atoms. The van der Waals surface area contributed by atoms with Gasteiger partial charge in [-0.25, -0.2) is 8.42 Å². The van der Waals surface area contributed by atoms with E-state index in [9.17, 15) is 13.2 Å². The van der Waals surface area contributed by atoms with Gasteiger partial charge in [-0.2, -0.15) is 0 Å². The van der Waals surface area contributed by atoms with Crippen LogP contribution in [0, 0.1) is 12.8 Å². The molecule has 132 valence electrons. The Kier molecular flexibility index (Phi) is 5.08. The topological polar surface area (TPSA) is 75.3 Å². The van der Waals surface area contributed by atoms with Gasteiger partial charge in [0.2, 0.25) is 5.91 Å². The zero-order valence-corrected chi connectivity index (χ0v) is 15.0. The molecule has 1 aliphatic carbocycles. The predicted molar refractivity (Wildman–Crippen MR) is 99.0 cm³/mol. The molecule has 0 heterocycles. The second-order valence-electron chi connectivity index (χ2n) is 6.42. The second-order valence-corrected chi connectivity index (χ2v) is 8.10. The van der Waals surface area contributed by atoms with Gasteiger partial charge in [-0.3, -0.25) is 9.52 Å². The van der Waals surface area contributed by atoms with E-state index >= 15 is 0 Å². The Balaban J connectivity index is 1.79. The van der Waals surface area contributed by atoms with Crippen molar-refractivity contribution in [3.05, 3.63) is 54.1 Å². The zero-order valence-electron chi connectivity index (χ0n) is 14.2. The quantitative estimate of drug-likeness (QED) is 0.850. The van der Waals surface area contributed by atoms with E-state index < -0.39 is 10.0 Å². The van der Waals surface area contributed by atoms with Gasteiger partial charge in [-0.15, -0.1) is 0 Å². The van der Waals surface area contributed by atoms with Crippen LogP contribution < -0.4 is 10.0 Å². The fourth-order valence-electron chi connectivity index (χ4n) is 3.05. The Labute approximate surface area is 148 Å². The Morgan fingerprint density at radius 3 is 2.40 bits per heavy atom. The van der Waals surface area contributed by atoms with Crippen molar-refractivity contribution in [1.82, 2.24) is 0 Å². The van der Waals surface area contributed by atoms with E-state index in [0.717, 1.165) is 31.2 Å². The maximum atomic E-state index is 12.5. The van der Waals surface area contributed by atoms with Crippen LogP contribution in [-0.2, 0) is 14.8 Å². The normalized spacial score (nSPS) is 15.1. The second kappa shape index (κ2) is 7.27. The van der Waals surface area contributed by atoms with Crippen molar-refractivity contribution >= 4 is 27.3 Å². The summed E-state index contributed by atoms with van der Waals surface area (Å²) in [5, 5.41) is 2.90. The molecule has 1 saturated carbocycles. The lowest BCUT2D eigenvalue weighted by Gasteiger charge is -2.14. The van der Waals surface area contributed by atoms with E-state index in [4.69, 9.17) is 0 Å². The first-order valence-electron chi connectivity index (χ1n) is 8.45.